The van der Waals surface area contributed by atoms with Crippen LogP contribution in [0.15, 0.2) is 54.7 Å². The number of carbonyl (C=O) groups excluding carboxylic acids is 1. The summed E-state index contributed by atoms with van der Waals surface area (Å²) in [7, 11) is 0. The Bertz CT molecular complexity index is 567. The number of carbonyl (C=O) groups is 1. The van der Waals surface area contributed by atoms with Gasteiger partial charge in [0.1, 0.15) is 0 Å². The molecular weight excluding hydrogens is 210 g/mol. The molecule has 0 heterocycles. The van der Waals surface area contributed by atoms with Gasteiger partial charge in [-0.2, -0.15) is 0 Å². The first-order valence-corrected chi connectivity index (χ1v) is 5.64. The van der Waals surface area contributed by atoms with Crippen LogP contribution in [-0.4, -0.2) is 5.91 Å². The van der Waals surface area contributed by atoms with E-state index in [1.807, 2.05) is 55.5 Å². The zero-order chi connectivity index (χ0) is 12.3. The zero-order valence-electron chi connectivity index (χ0n) is 10.1. The highest BCUT2D eigenvalue weighted by molar-refractivity contribution is 6.04. The summed E-state index contributed by atoms with van der Waals surface area (Å²) >= 11 is 0. The van der Waals surface area contributed by atoms with Crippen molar-refractivity contribution >= 4 is 22.4 Å². The molecule has 2 heteroatoms. The quantitative estimate of drug-likeness (QED) is 0.762. The Hall–Kier alpha value is -2.09. The van der Waals surface area contributed by atoms with Crippen molar-refractivity contribution in [2.24, 2.45) is 0 Å². The van der Waals surface area contributed by atoms with Crippen LogP contribution >= 0.6 is 0 Å². The smallest absolute Gasteiger partial charge is 0.227 e. The molecule has 2 aromatic rings. The first-order chi connectivity index (χ1) is 8.24. The first-order valence-electron chi connectivity index (χ1n) is 5.64. The molecule has 2 rings (SSSR count). The van der Waals surface area contributed by atoms with E-state index < -0.39 is 0 Å². The molecular formula is C15H15NO. The van der Waals surface area contributed by atoms with Gasteiger partial charge in [-0.05, 0) is 18.4 Å². The summed E-state index contributed by atoms with van der Waals surface area (Å²) < 4.78 is 0. The van der Waals surface area contributed by atoms with E-state index in [2.05, 4.69) is 0 Å². The topological polar surface area (TPSA) is 20.3 Å². The predicted molar refractivity (Wildman–Crippen MR) is 71.9 cm³/mol. The molecule has 0 unspecified atom stereocenters. The molecule has 86 valence electrons. The number of rotatable bonds is 2. The molecule has 0 N–H and O–H groups in total. The number of fused-ring (bicyclic) bond motifs is 1. The van der Waals surface area contributed by atoms with Crippen molar-refractivity contribution in [1.82, 2.24) is 0 Å². The molecule has 0 saturated heterocycles. The third kappa shape index (κ3) is 2.21. The lowest BCUT2D eigenvalue weighted by Crippen LogP contribution is -2.21. The van der Waals surface area contributed by atoms with Gasteiger partial charge >= 0.3 is 0 Å². The minimum absolute atomic E-state index is 0.0134. The number of nitrogens with zero attached hydrogens (tertiary/aromatic N) is 1. The molecule has 2 nitrogen and oxygen atoms in total. The summed E-state index contributed by atoms with van der Waals surface area (Å²) in [6.07, 6.45) is 3.66. The van der Waals surface area contributed by atoms with Crippen LogP contribution < -0.4 is 4.90 Å². The molecule has 0 aromatic heterocycles. The Morgan fingerprint density at radius 2 is 1.82 bits per heavy atom. The van der Waals surface area contributed by atoms with Crippen LogP contribution in [0.4, 0.5) is 5.69 Å². The van der Waals surface area contributed by atoms with Crippen molar-refractivity contribution in [2.45, 2.75) is 13.8 Å². The molecule has 0 fully saturated rings. The maximum atomic E-state index is 11.7. The van der Waals surface area contributed by atoms with Gasteiger partial charge in [0.25, 0.3) is 0 Å². The highest BCUT2D eigenvalue weighted by atomic mass is 16.2. The first kappa shape index (κ1) is 11.4. The summed E-state index contributed by atoms with van der Waals surface area (Å²) in [4.78, 5) is 13.3. The van der Waals surface area contributed by atoms with E-state index in [1.54, 1.807) is 18.0 Å². The van der Waals surface area contributed by atoms with Crippen LogP contribution in [0.2, 0.25) is 0 Å². The summed E-state index contributed by atoms with van der Waals surface area (Å²) in [6.45, 7) is 3.48. The van der Waals surface area contributed by atoms with Crippen LogP contribution in [0, 0.1) is 0 Å². The van der Waals surface area contributed by atoms with Crippen LogP contribution in [0.1, 0.15) is 13.8 Å². The second-order valence-electron chi connectivity index (χ2n) is 3.87. The summed E-state index contributed by atoms with van der Waals surface area (Å²) in [5.41, 5.74) is 0.925. The van der Waals surface area contributed by atoms with Gasteiger partial charge in [0.15, 0.2) is 0 Å². The van der Waals surface area contributed by atoms with E-state index in [1.165, 1.54) is 0 Å². The van der Waals surface area contributed by atoms with Crippen molar-refractivity contribution in [2.75, 3.05) is 4.90 Å². The molecule has 0 radical (unpaired) electrons. The van der Waals surface area contributed by atoms with Gasteiger partial charge in [-0.1, -0.05) is 42.5 Å². The molecule has 17 heavy (non-hydrogen) atoms. The number of amides is 1. The Kier molecular flexibility index (Phi) is 3.24. The molecule has 0 bridgehead atoms. The average Bonchev–Trinajstić information content (AvgIpc) is 2.35. The molecule has 0 aliphatic heterocycles. The molecule has 0 aliphatic rings. The van der Waals surface area contributed by atoms with Crippen LogP contribution in [0.5, 0.6) is 0 Å². The Morgan fingerprint density at radius 1 is 1.12 bits per heavy atom. The van der Waals surface area contributed by atoms with Crippen molar-refractivity contribution < 1.29 is 4.79 Å². The van der Waals surface area contributed by atoms with E-state index in [4.69, 9.17) is 0 Å². The largest absolute Gasteiger partial charge is 0.288 e. The van der Waals surface area contributed by atoms with Crippen molar-refractivity contribution in [3.63, 3.8) is 0 Å². The normalized spacial score (nSPS) is 10.9. The molecule has 0 atom stereocenters. The van der Waals surface area contributed by atoms with Gasteiger partial charge in [-0.25, -0.2) is 0 Å². The molecule has 0 aliphatic carbocycles. The average molecular weight is 225 g/mol. The summed E-state index contributed by atoms with van der Waals surface area (Å²) in [5.74, 6) is 0.0134. The SMILES string of the molecule is C/C=C/N(C(C)=O)c1cccc2ccccc12. The molecule has 0 saturated carbocycles. The second kappa shape index (κ2) is 4.83. The van der Waals surface area contributed by atoms with E-state index in [0.29, 0.717) is 0 Å². The molecule has 1 amide bonds. The number of hydrogen-bond donors (Lipinski definition) is 0. The molecule has 0 spiro atoms. The van der Waals surface area contributed by atoms with E-state index in [-0.39, 0.29) is 5.91 Å². The maximum absolute atomic E-state index is 11.7. The fourth-order valence-electron chi connectivity index (χ4n) is 1.92. The van der Waals surface area contributed by atoms with E-state index >= 15 is 0 Å². The highest BCUT2D eigenvalue weighted by Gasteiger charge is 2.10. The number of allylic oxidation sites excluding steroid dienone is 1. The summed E-state index contributed by atoms with van der Waals surface area (Å²) in [6, 6.07) is 14.0. The monoisotopic (exact) mass is 225 g/mol. The van der Waals surface area contributed by atoms with Crippen LogP contribution in [0.25, 0.3) is 10.8 Å². The van der Waals surface area contributed by atoms with Crippen LogP contribution in [0.3, 0.4) is 0 Å². The minimum atomic E-state index is 0.0134. The Balaban J connectivity index is 2.64. The summed E-state index contributed by atoms with van der Waals surface area (Å²) in [5, 5.41) is 2.23. The minimum Gasteiger partial charge on any atom is -0.288 e. The van der Waals surface area contributed by atoms with Gasteiger partial charge in [0, 0.05) is 18.5 Å². The zero-order valence-corrected chi connectivity index (χ0v) is 10.1. The Labute approximate surface area is 101 Å². The van der Waals surface area contributed by atoms with Crippen molar-refractivity contribution in [1.29, 1.82) is 0 Å². The second-order valence-corrected chi connectivity index (χ2v) is 3.87. The van der Waals surface area contributed by atoms with Gasteiger partial charge in [0.2, 0.25) is 5.91 Å². The standard InChI is InChI=1S/C15H15NO/c1-3-11-16(12(2)17)15-10-6-8-13-7-4-5-9-14(13)15/h3-11H,1-2H3/b11-3+. The van der Waals surface area contributed by atoms with E-state index in [0.717, 1.165) is 16.5 Å². The lowest BCUT2D eigenvalue weighted by atomic mass is 10.1. The van der Waals surface area contributed by atoms with Gasteiger partial charge < -0.3 is 0 Å². The lowest BCUT2D eigenvalue weighted by Gasteiger charge is -2.18. The third-order valence-corrected chi connectivity index (χ3v) is 2.66. The number of benzene rings is 2. The van der Waals surface area contributed by atoms with Crippen molar-refractivity contribution in [3.8, 4) is 0 Å². The maximum Gasteiger partial charge on any atom is 0.227 e. The van der Waals surface area contributed by atoms with Gasteiger partial charge in [-0.3, -0.25) is 9.69 Å². The van der Waals surface area contributed by atoms with Crippen LogP contribution in [-0.2, 0) is 4.79 Å². The number of hydrogen-bond acceptors (Lipinski definition) is 1. The fourth-order valence-corrected chi connectivity index (χ4v) is 1.92. The van der Waals surface area contributed by atoms with Gasteiger partial charge in [0.05, 0.1) is 5.69 Å². The third-order valence-electron chi connectivity index (χ3n) is 2.66. The predicted octanol–water partition coefficient (Wildman–Crippen LogP) is 3.73. The molecule has 2 aromatic carbocycles. The van der Waals surface area contributed by atoms with Crippen molar-refractivity contribution in [3.05, 3.63) is 54.7 Å². The Morgan fingerprint density at radius 3 is 2.53 bits per heavy atom. The lowest BCUT2D eigenvalue weighted by molar-refractivity contribution is -0.115. The highest BCUT2D eigenvalue weighted by Crippen LogP contribution is 2.26. The fraction of sp³-hybridized carbons (Fsp3) is 0.133. The van der Waals surface area contributed by atoms with Gasteiger partial charge in [-0.15, -0.1) is 0 Å². The van der Waals surface area contributed by atoms with E-state index in [9.17, 15) is 4.79 Å². The number of anilines is 1.